The molecule has 0 bridgehead atoms. The fourth-order valence-corrected chi connectivity index (χ4v) is 5.93. The number of benzene rings is 1. The number of carbonyl (C=O) groups excluding carboxylic acids is 1. The van der Waals surface area contributed by atoms with E-state index >= 15 is 0 Å². The van der Waals surface area contributed by atoms with Crippen LogP contribution in [0.1, 0.15) is 41.3 Å². The first kappa shape index (κ1) is 23.1. The molecule has 0 spiro atoms. The van der Waals surface area contributed by atoms with Crippen molar-refractivity contribution >= 4 is 11.7 Å². The summed E-state index contributed by atoms with van der Waals surface area (Å²) in [5.74, 6) is 0. The summed E-state index contributed by atoms with van der Waals surface area (Å²) in [6.07, 6.45) is 6.55. The first-order chi connectivity index (χ1) is 16.5. The van der Waals surface area contributed by atoms with Gasteiger partial charge in [0, 0.05) is 71.3 Å². The summed E-state index contributed by atoms with van der Waals surface area (Å²) in [4.78, 5) is 25.7. The van der Waals surface area contributed by atoms with Gasteiger partial charge in [-0.1, -0.05) is 18.2 Å². The molecule has 1 aromatic carbocycles. The zero-order chi connectivity index (χ0) is 23.7. The lowest BCUT2D eigenvalue weighted by molar-refractivity contribution is 0.168. The van der Waals surface area contributed by atoms with Gasteiger partial charge in [0.1, 0.15) is 0 Å². The average Bonchev–Trinajstić information content (AvgIpc) is 2.87. The quantitative estimate of drug-likeness (QED) is 0.757. The Hall–Kier alpha value is -2.64. The van der Waals surface area contributed by atoms with Crippen molar-refractivity contribution in [2.75, 3.05) is 58.8 Å². The first-order valence-electron chi connectivity index (χ1n) is 12.7. The monoisotopic (exact) mass is 462 g/mol. The van der Waals surface area contributed by atoms with Crippen molar-refractivity contribution in [3.63, 3.8) is 0 Å². The molecule has 5 rings (SSSR count). The molecule has 3 aliphatic rings. The van der Waals surface area contributed by atoms with Crippen molar-refractivity contribution in [3.8, 4) is 0 Å². The van der Waals surface area contributed by atoms with Gasteiger partial charge in [-0.2, -0.15) is 0 Å². The molecular formula is C27H38N6O. The van der Waals surface area contributed by atoms with Crippen LogP contribution < -0.4 is 10.2 Å². The fourth-order valence-electron chi connectivity index (χ4n) is 5.93. The lowest BCUT2D eigenvalue weighted by atomic mass is 9.89. The number of rotatable bonds is 4. The minimum Gasteiger partial charge on any atom is -0.368 e. The van der Waals surface area contributed by atoms with Crippen LogP contribution in [-0.2, 0) is 19.4 Å². The van der Waals surface area contributed by atoms with E-state index in [1.165, 1.54) is 40.9 Å². The minimum atomic E-state index is 0.112. The van der Waals surface area contributed by atoms with Crippen LogP contribution in [0.3, 0.4) is 0 Å². The summed E-state index contributed by atoms with van der Waals surface area (Å²) in [5.41, 5.74) is 6.94. The van der Waals surface area contributed by atoms with E-state index in [4.69, 9.17) is 4.98 Å². The number of hydrogen-bond donors (Lipinski definition) is 1. The predicted molar refractivity (Wildman–Crippen MR) is 136 cm³/mol. The first-order valence-corrected chi connectivity index (χ1v) is 12.7. The molecule has 0 radical (unpaired) electrons. The molecule has 7 nitrogen and oxygen atoms in total. The van der Waals surface area contributed by atoms with E-state index in [0.717, 1.165) is 52.1 Å². The number of hydrogen-bond acceptors (Lipinski definition) is 5. The highest BCUT2D eigenvalue weighted by Gasteiger charge is 2.30. The molecule has 1 saturated heterocycles. The Morgan fingerprint density at radius 2 is 1.88 bits per heavy atom. The van der Waals surface area contributed by atoms with Crippen LogP contribution in [0.5, 0.6) is 0 Å². The number of amides is 2. The van der Waals surface area contributed by atoms with Gasteiger partial charge in [0.2, 0.25) is 0 Å². The molecule has 1 fully saturated rings. The van der Waals surface area contributed by atoms with Crippen molar-refractivity contribution in [2.45, 2.75) is 44.3 Å². The van der Waals surface area contributed by atoms with Crippen molar-refractivity contribution in [3.05, 3.63) is 58.9 Å². The Morgan fingerprint density at radius 1 is 1.09 bits per heavy atom. The van der Waals surface area contributed by atoms with Gasteiger partial charge in [0.25, 0.3) is 0 Å². The van der Waals surface area contributed by atoms with E-state index < -0.39 is 0 Å². The number of nitrogens with one attached hydrogen (secondary N) is 1. The van der Waals surface area contributed by atoms with Crippen LogP contribution in [0.15, 0.2) is 36.5 Å². The van der Waals surface area contributed by atoms with E-state index in [0.29, 0.717) is 12.1 Å². The zero-order valence-corrected chi connectivity index (χ0v) is 20.8. The van der Waals surface area contributed by atoms with Gasteiger partial charge < -0.3 is 20.0 Å². The van der Waals surface area contributed by atoms with E-state index in [2.05, 4.69) is 52.5 Å². The molecule has 2 aromatic rings. The molecule has 0 unspecified atom stereocenters. The Kier molecular flexibility index (Phi) is 6.75. The number of pyridine rings is 1. The van der Waals surface area contributed by atoms with Crippen molar-refractivity contribution in [1.29, 1.82) is 0 Å². The third-order valence-electron chi connectivity index (χ3n) is 7.76. The number of piperazine rings is 1. The summed E-state index contributed by atoms with van der Waals surface area (Å²) < 4.78 is 0. The maximum Gasteiger partial charge on any atom is 0.319 e. The molecule has 2 amide bonds. The van der Waals surface area contributed by atoms with E-state index in [9.17, 15) is 4.79 Å². The maximum atomic E-state index is 12.3. The highest BCUT2D eigenvalue weighted by molar-refractivity contribution is 5.74. The van der Waals surface area contributed by atoms with Crippen LogP contribution in [0.2, 0.25) is 0 Å². The third kappa shape index (κ3) is 4.64. The van der Waals surface area contributed by atoms with Crippen LogP contribution in [0.25, 0.3) is 0 Å². The number of carbonyl (C=O) groups is 1. The van der Waals surface area contributed by atoms with Gasteiger partial charge in [-0.05, 0) is 61.6 Å². The van der Waals surface area contributed by atoms with Gasteiger partial charge >= 0.3 is 6.03 Å². The standard InChI is InChI=1S/C27H38N6O/c1-30(2)27(34)33-15-13-32(14-16-33)24-10-5-8-21-18-29-22(17-23(21)24)19-31(3)25-11-4-7-20-9-6-12-28-26(20)25/h5-6,8-10,12,22,25,29H,4,7,11,13-19H2,1-3H3/t22-,25+/m1/s1. The van der Waals surface area contributed by atoms with Crippen LogP contribution in [-0.4, -0.2) is 85.6 Å². The fraction of sp³-hybridized carbons (Fsp3) is 0.556. The highest BCUT2D eigenvalue weighted by Crippen LogP contribution is 2.33. The Morgan fingerprint density at radius 3 is 2.68 bits per heavy atom. The molecule has 2 aliphatic heterocycles. The molecule has 34 heavy (non-hydrogen) atoms. The molecule has 1 aromatic heterocycles. The Labute approximate surface area is 203 Å². The number of aryl methyl sites for hydroxylation is 1. The summed E-state index contributed by atoms with van der Waals surface area (Å²) >= 11 is 0. The highest BCUT2D eigenvalue weighted by atomic mass is 16.2. The Balaban J connectivity index is 1.26. The zero-order valence-electron chi connectivity index (χ0n) is 20.8. The van der Waals surface area contributed by atoms with Crippen LogP contribution in [0.4, 0.5) is 10.5 Å². The van der Waals surface area contributed by atoms with E-state index in [1.54, 1.807) is 4.90 Å². The van der Waals surface area contributed by atoms with Gasteiger partial charge in [0.15, 0.2) is 0 Å². The van der Waals surface area contributed by atoms with E-state index in [1.807, 2.05) is 25.2 Å². The van der Waals surface area contributed by atoms with Gasteiger partial charge in [-0.3, -0.25) is 9.88 Å². The second-order valence-electron chi connectivity index (χ2n) is 10.2. The molecular weight excluding hydrogens is 424 g/mol. The molecule has 2 atom stereocenters. The molecule has 3 heterocycles. The number of urea groups is 1. The molecule has 1 aliphatic carbocycles. The number of nitrogens with zero attached hydrogens (tertiary/aromatic N) is 5. The van der Waals surface area contributed by atoms with Crippen LogP contribution >= 0.6 is 0 Å². The number of likely N-dealkylation sites (N-methyl/N-ethyl adjacent to an activating group) is 1. The molecule has 7 heteroatoms. The minimum absolute atomic E-state index is 0.112. The summed E-state index contributed by atoms with van der Waals surface area (Å²) in [5, 5.41) is 3.79. The second kappa shape index (κ2) is 9.92. The van der Waals surface area contributed by atoms with Gasteiger partial charge in [0.05, 0.1) is 11.7 Å². The summed E-state index contributed by atoms with van der Waals surface area (Å²) in [7, 11) is 5.92. The maximum absolute atomic E-state index is 12.3. The third-order valence-corrected chi connectivity index (χ3v) is 7.76. The molecule has 0 saturated carbocycles. The number of aromatic nitrogens is 1. The Bertz CT molecular complexity index is 1020. The van der Waals surface area contributed by atoms with Gasteiger partial charge in [-0.15, -0.1) is 0 Å². The van der Waals surface area contributed by atoms with Crippen molar-refractivity contribution < 1.29 is 4.79 Å². The summed E-state index contributed by atoms with van der Waals surface area (Å²) in [6.45, 7) is 5.26. The largest absolute Gasteiger partial charge is 0.368 e. The number of anilines is 1. The molecule has 1 N–H and O–H groups in total. The predicted octanol–water partition coefficient (Wildman–Crippen LogP) is 2.91. The lowest BCUT2D eigenvalue weighted by Gasteiger charge is -2.40. The normalized spacial score (nSPS) is 22.4. The average molecular weight is 463 g/mol. The van der Waals surface area contributed by atoms with Gasteiger partial charge in [-0.25, -0.2) is 4.79 Å². The topological polar surface area (TPSA) is 55.0 Å². The van der Waals surface area contributed by atoms with E-state index in [-0.39, 0.29) is 6.03 Å². The lowest BCUT2D eigenvalue weighted by Crippen LogP contribution is -2.52. The smallest absolute Gasteiger partial charge is 0.319 e. The van der Waals surface area contributed by atoms with Crippen molar-refractivity contribution in [1.82, 2.24) is 25.0 Å². The second-order valence-corrected chi connectivity index (χ2v) is 10.2. The summed E-state index contributed by atoms with van der Waals surface area (Å²) in [6, 6.07) is 12.0. The molecule has 182 valence electrons. The SMILES string of the molecule is CN(C)C(=O)N1CCN(c2cccc3c2C[C@H](CN(C)[C@H]2CCCc4cccnc42)NC3)CC1. The number of fused-ring (bicyclic) bond motifs is 2. The van der Waals surface area contributed by atoms with Crippen molar-refractivity contribution in [2.24, 2.45) is 0 Å². The van der Waals surface area contributed by atoms with Crippen LogP contribution in [0, 0.1) is 0 Å².